The summed E-state index contributed by atoms with van der Waals surface area (Å²) >= 11 is 0. The highest BCUT2D eigenvalue weighted by Gasteiger charge is 2.49. The summed E-state index contributed by atoms with van der Waals surface area (Å²) in [5, 5.41) is 2.69. The van der Waals surface area contributed by atoms with Crippen molar-refractivity contribution in [2.45, 2.75) is 49.5 Å². The van der Waals surface area contributed by atoms with Crippen LogP contribution in [-0.4, -0.2) is 31.0 Å². The Morgan fingerprint density at radius 3 is 2.64 bits per heavy atom. The van der Waals surface area contributed by atoms with E-state index in [9.17, 15) is 13.6 Å². The number of alkyl halides is 2. The average Bonchev–Trinajstić information content (AvgIpc) is 3.19. The lowest BCUT2D eigenvalue weighted by Gasteiger charge is -2.26. The summed E-state index contributed by atoms with van der Waals surface area (Å²) in [6, 6.07) is 7.22. The normalized spacial score (nSPS) is 28.3. The number of nitrogens with one attached hydrogen (secondary N) is 1. The predicted octanol–water partition coefficient (Wildman–Crippen LogP) is 2.84. The molecule has 1 aliphatic carbocycles. The maximum Gasteiger partial charge on any atom is 0.262 e. The van der Waals surface area contributed by atoms with E-state index in [0.717, 1.165) is 18.5 Å². The molecule has 1 atom stereocenters. The van der Waals surface area contributed by atoms with E-state index in [1.165, 1.54) is 18.4 Å². The Balaban J connectivity index is 1.65. The molecule has 0 bridgehead atoms. The van der Waals surface area contributed by atoms with Crippen LogP contribution in [0.5, 0.6) is 0 Å². The molecule has 1 saturated carbocycles. The van der Waals surface area contributed by atoms with Crippen molar-refractivity contribution in [1.82, 2.24) is 5.32 Å². The SMILES string of the molecule is O=C(C1CC(F)(F)CN1)N1CC2(CCCC2)c2ccccc21. The van der Waals surface area contributed by atoms with E-state index in [1.54, 1.807) is 4.90 Å². The monoisotopic (exact) mass is 306 g/mol. The number of benzene rings is 1. The molecule has 5 heteroatoms. The molecule has 4 rings (SSSR count). The fourth-order valence-corrected chi connectivity index (χ4v) is 4.38. The predicted molar refractivity (Wildman–Crippen MR) is 80.3 cm³/mol. The number of carbonyl (C=O) groups excluding carboxylic acids is 1. The molecule has 1 aromatic rings. The van der Waals surface area contributed by atoms with Gasteiger partial charge in [0.1, 0.15) is 0 Å². The third-order valence-corrected chi connectivity index (χ3v) is 5.46. The van der Waals surface area contributed by atoms with Gasteiger partial charge in [0, 0.05) is 24.1 Å². The highest BCUT2D eigenvalue weighted by Crippen LogP contribution is 2.50. The van der Waals surface area contributed by atoms with Crippen LogP contribution in [0.1, 0.15) is 37.7 Å². The maximum absolute atomic E-state index is 13.4. The summed E-state index contributed by atoms with van der Waals surface area (Å²) in [6.07, 6.45) is 4.13. The van der Waals surface area contributed by atoms with Gasteiger partial charge in [0.15, 0.2) is 0 Å². The van der Waals surface area contributed by atoms with E-state index in [2.05, 4.69) is 11.4 Å². The van der Waals surface area contributed by atoms with Crippen LogP contribution in [0.3, 0.4) is 0 Å². The second kappa shape index (κ2) is 4.75. The number of amides is 1. The Morgan fingerprint density at radius 1 is 1.23 bits per heavy atom. The fourth-order valence-electron chi connectivity index (χ4n) is 4.38. The van der Waals surface area contributed by atoms with Gasteiger partial charge < -0.3 is 4.90 Å². The molecule has 0 radical (unpaired) electrons. The van der Waals surface area contributed by atoms with Crippen LogP contribution < -0.4 is 10.2 Å². The number of halogens is 2. The quantitative estimate of drug-likeness (QED) is 0.865. The van der Waals surface area contributed by atoms with Crippen LogP contribution in [0.15, 0.2) is 24.3 Å². The minimum atomic E-state index is -2.77. The van der Waals surface area contributed by atoms with Crippen molar-refractivity contribution < 1.29 is 13.6 Å². The van der Waals surface area contributed by atoms with Gasteiger partial charge in [-0.05, 0) is 24.5 Å². The molecule has 2 fully saturated rings. The van der Waals surface area contributed by atoms with E-state index in [0.29, 0.717) is 6.54 Å². The highest BCUT2D eigenvalue weighted by molar-refractivity contribution is 6.00. The number of rotatable bonds is 1. The molecule has 0 aromatic heterocycles. The number of carbonyl (C=O) groups is 1. The van der Waals surface area contributed by atoms with Crippen LogP contribution >= 0.6 is 0 Å². The second-order valence-corrected chi connectivity index (χ2v) is 6.92. The number of nitrogens with zero attached hydrogens (tertiary/aromatic N) is 1. The van der Waals surface area contributed by atoms with Crippen molar-refractivity contribution in [2.24, 2.45) is 0 Å². The molecule has 2 aliphatic heterocycles. The smallest absolute Gasteiger partial charge is 0.262 e. The van der Waals surface area contributed by atoms with Crippen molar-refractivity contribution in [1.29, 1.82) is 0 Å². The lowest BCUT2D eigenvalue weighted by Crippen LogP contribution is -2.45. The zero-order valence-corrected chi connectivity index (χ0v) is 12.4. The van der Waals surface area contributed by atoms with E-state index in [-0.39, 0.29) is 11.3 Å². The van der Waals surface area contributed by atoms with Crippen molar-refractivity contribution in [2.75, 3.05) is 18.0 Å². The molecular formula is C17H20F2N2O. The lowest BCUT2D eigenvalue weighted by atomic mass is 9.81. The summed E-state index contributed by atoms with van der Waals surface area (Å²) in [7, 11) is 0. The molecule has 1 spiro atoms. The standard InChI is InChI=1S/C17H20F2N2O/c18-17(19)9-13(20-10-17)15(22)21-11-16(7-3-4-8-16)12-5-1-2-6-14(12)21/h1-2,5-6,13,20H,3-4,7-11H2. The molecule has 3 nitrogen and oxygen atoms in total. The lowest BCUT2D eigenvalue weighted by molar-refractivity contribution is -0.120. The van der Waals surface area contributed by atoms with Crippen LogP contribution in [0, 0.1) is 0 Å². The summed E-state index contributed by atoms with van der Waals surface area (Å²) in [5.41, 5.74) is 2.20. The molecule has 1 unspecified atom stereocenters. The van der Waals surface area contributed by atoms with Crippen LogP contribution in [0.4, 0.5) is 14.5 Å². The third kappa shape index (κ3) is 2.06. The third-order valence-electron chi connectivity index (χ3n) is 5.46. The summed E-state index contributed by atoms with van der Waals surface area (Å²) in [6.45, 7) is 0.249. The minimum absolute atomic E-state index is 0.0490. The number of para-hydroxylation sites is 1. The first-order valence-electron chi connectivity index (χ1n) is 8.03. The number of anilines is 1. The van der Waals surface area contributed by atoms with Crippen LogP contribution in [-0.2, 0) is 10.2 Å². The van der Waals surface area contributed by atoms with Gasteiger partial charge in [0.05, 0.1) is 12.6 Å². The van der Waals surface area contributed by atoms with Gasteiger partial charge in [0.25, 0.3) is 5.92 Å². The first-order chi connectivity index (χ1) is 10.5. The minimum Gasteiger partial charge on any atom is -0.310 e. The van der Waals surface area contributed by atoms with Gasteiger partial charge in [0.2, 0.25) is 5.91 Å². The molecule has 3 aliphatic rings. The zero-order chi connectivity index (χ0) is 15.4. The average molecular weight is 306 g/mol. The topological polar surface area (TPSA) is 32.3 Å². The van der Waals surface area contributed by atoms with E-state index >= 15 is 0 Å². The van der Waals surface area contributed by atoms with E-state index in [4.69, 9.17) is 0 Å². The van der Waals surface area contributed by atoms with Gasteiger partial charge in [-0.1, -0.05) is 31.0 Å². The van der Waals surface area contributed by atoms with E-state index in [1.807, 2.05) is 18.2 Å². The Morgan fingerprint density at radius 2 is 1.95 bits per heavy atom. The number of hydrogen-bond acceptors (Lipinski definition) is 2. The van der Waals surface area contributed by atoms with Gasteiger partial charge in [-0.3, -0.25) is 10.1 Å². The first-order valence-corrected chi connectivity index (χ1v) is 8.03. The van der Waals surface area contributed by atoms with Gasteiger partial charge in [-0.15, -0.1) is 0 Å². The van der Waals surface area contributed by atoms with Crippen molar-refractivity contribution >= 4 is 11.6 Å². The Hall–Kier alpha value is -1.49. The fraction of sp³-hybridized carbons (Fsp3) is 0.588. The molecule has 1 N–H and O–H groups in total. The van der Waals surface area contributed by atoms with Gasteiger partial charge in [-0.2, -0.15) is 0 Å². The van der Waals surface area contributed by atoms with Crippen molar-refractivity contribution in [3.63, 3.8) is 0 Å². The second-order valence-electron chi connectivity index (χ2n) is 6.92. The maximum atomic E-state index is 13.4. The summed E-state index contributed by atoms with van der Waals surface area (Å²) < 4.78 is 26.8. The van der Waals surface area contributed by atoms with Crippen LogP contribution in [0.2, 0.25) is 0 Å². The number of hydrogen-bond donors (Lipinski definition) is 1. The largest absolute Gasteiger partial charge is 0.310 e. The molecule has 118 valence electrons. The summed E-state index contributed by atoms with van der Waals surface area (Å²) in [5.74, 6) is -2.97. The molecular weight excluding hydrogens is 286 g/mol. The first kappa shape index (κ1) is 14.1. The molecule has 22 heavy (non-hydrogen) atoms. The number of fused-ring (bicyclic) bond motifs is 2. The summed E-state index contributed by atoms with van der Waals surface area (Å²) in [4.78, 5) is 14.5. The van der Waals surface area contributed by atoms with E-state index < -0.39 is 24.9 Å². The zero-order valence-electron chi connectivity index (χ0n) is 12.4. The molecule has 2 heterocycles. The molecule has 1 amide bonds. The Kier molecular flexibility index (Phi) is 3.05. The Labute approximate surface area is 128 Å². The van der Waals surface area contributed by atoms with Gasteiger partial charge >= 0.3 is 0 Å². The van der Waals surface area contributed by atoms with Crippen molar-refractivity contribution in [3.8, 4) is 0 Å². The van der Waals surface area contributed by atoms with Crippen LogP contribution in [0.25, 0.3) is 0 Å². The molecule has 1 saturated heterocycles. The highest BCUT2D eigenvalue weighted by atomic mass is 19.3. The molecule has 1 aromatic carbocycles. The van der Waals surface area contributed by atoms with Crippen molar-refractivity contribution in [3.05, 3.63) is 29.8 Å². The Bertz CT molecular complexity index is 610. The van der Waals surface area contributed by atoms with Gasteiger partial charge in [-0.25, -0.2) is 8.78 Å².